The number of halogens is 1. The molecule has 1 fully saturated rings. The molecule has 1 aromatic rings. The summed E-state index contributed by atoms with van der Waals surface area (Å²) in [7, 11) is 0. The summed E-state index contributed by atoms with van der Waals surface area (Å²) in [6.45, 7) is 2.85. The standard InChI is InChI=1S/C10H13ClN2/c11-13-7-10(8-13)12-6-9-4-2-1-3-5-9/h1-5,10,12H,6-8H2. The van der Waals surface area contributed by atoms with E-state index in [4.69, 9.17) is 11.8 Å². The van der Waals surface area contributed by atoms with Crippen molar-refractivity contribution in [1.82, 2.24) is 9.74 Å². The summed E-state index contributed by atoms with van der Waals surface area (Å²) in [6, 6.07) is 11.0. The highest BCUT2D eigenvalue weighted by molar-refractivity contribution is 6.13. The van der Waals surface area contributed by atoms with Crippen LogP contribution in [0.15, 0.2) is 30.3 Å². The number of hydrogen-bond acceptors (Lipinski definition) is 2. The highest BCUT2D eigenvalue weighted by Gasteiger charge is 2.23. The van der Waals surface area contributed by atoms with E-state index >= 15 is 0 Å². The molecule has 0 aromatic heterocycles. The molecule has 1 heterocycles. The van der Waals surface area contributed by atoms with Gasteiger partial charge < -0.3 is 5.32 Å². The van der Waals surface area contributed by atoms with Crippen LogP contribution in [0.1, 0.15) is 5.56 Å². The molecule has 0 atom stereocenters. The van der Waals surface area contributed by atoms with Gasteiger partial charge in [-0.1, -0.05) is 30.3 Å². The van der Waals surface area contributed by atoms with E-state index in [1.807, 2.05) is 6.07 Å². The Morgan fingerprint density at radius 2 is 2.00 bits per heavy atom. The molecule has 0 unspecified atom stereocenters. The topological polar surface area (TPSA) is 15.3 Å². The number of benzene rings is 1. The third kappa shape index (κ3) is 2.44. The zero-order chi connectivity index (χ0) is 9.10. The van der Waals surface area contributed by atoms with Gasteiger partial charge in [0.05, 0.1) is 0 Å². The van der Waals surface area contributed by atoms with Crippen molar-refractivity contribution < 1.29 is 0 Å². The lowest BCUT2D eigenvalue weighted by Gasteiger charge is -2.34. The fourth-order valence-corrected chi connectivity index (χ4v) is 1.75. The summed E-state index contributed by atoms with van der Waals surface area (Å²) in [5.41, 5.74) is 1.33. The van der Waals surface area contributed by atoms with Crippen molar-refractivity contribution in [3.63, 3.8) is 0 Å². The van der Waals surface area contributed by atoms with Crippen molar-refractivity contribution in [2.75, 3.05) is 13.1 Å². The summed E-state index contributed by atoms with van der Waals surface area (Å²) < 4.78 is 1.79. The van der Waals surface area contributed by atoms with Gasteiger partial charge in [0.2, 0.25) is 0 Å². The maximum absolute atomic E-state index is 5.72. The molecule has 0 radical (unpaired) electrons. The van der Waals surface area contributed by atoms with E-state index in [-0.39, 0.29) is 0 Å². The first-order chi connectivity index (χ1) is 6.34. The average molecular weight is 197 g/mol. The lowest BCUT2D eigenvalue weighted by atomic mass is 10.1. The molecule has 1 aromatic carbocycles. The molecule has 1 saturated heterocycles. The largest absolute Gasteiger partial charge is 0.307 e. The quantitative estimate of drug-likeness (QED) is 0.740. The van der Waals surface area contributed by atoms with Gasteiger partial charge in [0, 0.05) is 25.7 Å². The fraction of sp³-hybridized carbons (Fsp3) is 0.400. The Labute approximate surface area is 83.6 Å². The summed E-state index contributed by atoms with van der Waals surface area (Å²) in [5.74, 6) is 0. The van der Waals surface area contributed by atoms with Gasteiger partial charge in [0.1, 0.15) is 0 Å². The summed E-state index contributed by atoms with van der Waals surface area (Å²) in [6.07, 6.45) is 0. The molecule has 0 amide bonds. The second kappa shape index (κ2) is 4.09. The van der Waals surface area contributed by atoms with E-state index in [0.29, 0.717) is 6.04 Å². The van der Waals surface area contributed by atoms with Gasteiger partial charge >= 0.3 is 0 Å². The second-order valence-corrected chi connectivity index (χ2v) is 3.87. The molecule has 2 nitrogen and oxygen atoms in total. The molecule has 0 bridgehead atoms. The van der Waals surface area contributed by atoms with Crippen molar-refractivity contribution >= 4 is 11.8 Å². The molecule has 70 valence electrons. The minimum absolute atomic E-state index is 0.567. The SMILES string of the molecule is ClN1CC(NCc2ccccc2)C1. The van der Waals surface area contributed by atoms with Gasteiger partial charge in [-0.15, -0.1) is 0 Å². The third-order valence-electron chi connectivity index (χ3n) is 2.27. The summed E-state index contributed by atoms with van der Waals surface area (Å²) in [5, 5.41) is 3.44. The lowest BCUT2D eigenvalue weighted by molar-refractivity contribution is 0.235. The highest BCUT2D eigenvalue weighted by atomic mass is 35.5. The smallest absolute Gasteiger partial charge is 0.0352 e. The Balaban J connectivity index is 1.74. The van der Waals surface area contributed by atoms with Crippen LogP contribution >= 0.6 is 11.8 Å². The maximum atomic E-state index is 5.72. The Morgan fingerprint density at radius 3 is 2.62 bits per heavy atom. The Kier molecular flexibility index (Phi) is 2.83. The summed E-state index contributed by atoms with van der Waals surface area (Å²) >= 11 is 5.72. The van der Waals surface area contributed by atoms with Crippen LogP contribution in [-0.2, 0) is 6.54 Å². The lowest BCUT2D eigenvalue weighted by Crippen LogP contribution is -2.53. The molecule has 13 heavy (non-hydrogen) atoms. The van der Waals surface area contributed by atoms with Gasteiger partial charge in [-0.2, -0.15) is 0 Å². The van der Waals surface area contributed by atoms with Crippen molar-refractivity contribution in [3.05, 3.63) is 35.9 Å². The normalized spacial score (nSPS) is 18.5. The molecular formula is C10H13ClN2. The Bertz CT molecular complexity index is 257. The Hall–Kier alpha value is -0.570. The van der Waals surface area contributed by atoms with Gasteiger partial charge in [-0.3, -0.25) is 0 Å². The molecule has 0 saturated carbocycles. The van der Waals surface area contributed by atoms with Crippen LogP contribution in [0.5, 0.6) is 0 Å². The molecule has 2 rings (SSSR count). The van der Waals surface area contributed by atoms with E-state index in [1.54, 1.807) is 4.42 Å². The van der Waals surface area contributed by atoms with Crippen LogP contribution in [-0.4, -0.2) is 23.6 Å². The fourth-order valence-electron chi connectivity index (χ4n) is 1.41. The number of hydrogen-bond donors (Lipinski definition) is 1. The van der Waals surface area contributed by atoms with Crippen molar-refractivity contribution in [3.8, 4) is 0 Å². The van der Waals surface area contributed by atoms with Crippen LogP contribution in [0.2, 0.25) is 0 Å². The van der Waals surface area contributed by atoms with E-state index in [1.165, 1.54) is 5.56 Å². The molecule has 0 spiro atoms. The van der Waals surface area contributed by atoms with Crippen LogP contribution in [0, 0.1) is 0 Å². The van der Waals surface area contributed by atoms with Gasteiger partial charge in [-0.25, -0.2) is 4.42 Å². The zero-order valence-electron chi connectivity index (χ0n) is 7.41. The third-order valence-corrected chi connectivity index (χ3v) is 2.55. The van der Waals surface area contributed by atoms with E-state index in [9.17, 15) is 0 Å². The predicted octanol–water partition coefficient (Wildman–Crippen LogP) is 1.61. The van der Waals surface area contributed by atoms with Gasteiger partial charge in [0.15, 0.2) is 0 Å². The molecular weight excluding hydrogens is 184 g/mol. The van der Waals surface area contributed by atoms with Gasteiger partial charge in [0.25, 0.3) is 0 Å². The highest BCUT2D eigenvalue weighted by Crippen LogP contribution is 2.10. The zero-order valence-corrected chi connectivity index (χ0v) is 8.17. The van der Waals surface area contributed by atoms with Crippen molar-refractivity contribution in [2.24, 2.45) is 0 Å². The van der Waals surface area contributed by atoms with Crippen molar-refractivity contribution in [1.29, 1.82) is 0 Å². The first-order valence-corrected chi connectivity index (χ1v) is 4.86. The van der Waals surface area contributed by atoms with E-state index in [2.05, 4.69) is 29.6 Å². The van der Waals surface area contributed by atoms with Crippen LogP contribution in [0.3, 0.4) is 0 Å². The minimum atomic E-state index is 0.567. The average Bonchev–Trinajstić information content (AvgIpc) is 2.12. The van der Waals surface area contributed by atoms with Crippen LogP contribution < -0.4 is 5.32 Å². The maximum Gasteiger partial charge on any atom is 0.0352 e. The first kappa shape index (κ1) is 9.00. The molecule has 0 aliphatic carbocycles. The van der Waals surface area contributed by atoms with Gasteiger partial charge in [-0.05, 0) is 17.3 Å². The second-order valence-electron chi connectivity index (χ2n) is 3.39. The summed E-state index contributed by atoms with van der Waals surface area (Å²) in [4.78, 5) is 0. The van der Waals surface area contributed by atoms with E-state index < -0.39 is 0 Å². The van der Waals surface area contributed by atoms with Crippen molar-refractivity contribution in [2.45, 2.75) is 12.6 Å². The molecule has 3 heteroatoms. The van der Waals surface area contributed by atoms with Crippen LogP contribution in [0.4, 0.5) is 0 Å². The predicted molar refractivity (Wildman–Crippen MR) is 54.5 cm³/mol. The van der Waals surface area contributed by atoms with E-state index in [0.717, 1.165) is 19.6 Å². The molecule has 1 aliphatic heterocycles. The molecule has 1 N–H and O–H groups in total. The number of nitrogens with zero attached hydrogens (tertiary/aromatic N) is 1. The monoisotopic (exact) mass is 196 g/mol. The number of nitrogens with one attached hydrogen (secondary N) is 1. The van der Waals surface area contributed by atoms with Crippen LogP contribution in [0.25, 0.3) is 0 Å². The number of rotatable bonds is 3. The Morgan fingerprint density at radius 1 is 1.31 bits per heavy atom. The molecule has 1 aliphatic rings. The first-order valence-electron chi connectivity index (χ1n) is 4.52. The minimum Gasteiger partial charge on any atom is -0.307 e.